The van der Waals surface area contributed by atoms with E-state index < -0.39 is 17.8 Å². The van der Waals surface area contributed by atoms with Gasteiger partial charge < -0.3 is 4.89 Å². The second kappa shape index (κ2) is 10.2. The van der Waals surface area contributed by atoms with E-state index in [2.05, 4.69) is 4.52 Å². The van der Waals surface area contributed by atoms with Crippen LogP contribution in [-0.4, -0.2) is 32.8 Å². The number of nitrogens with two attached hydrogens (primary N) is 1. The molecule has 1 aromatic carbocycles. The summed E-state index contributed by atoms with van der Waals surface area (Å²) in [5.41, 5.74) is 0.457. The molecule has 0 fully saturated rings. The number of ketones is 1. The number of rotatable bonds is 12. The van der Waals surface area contributed by atoms with E-state index in [0.717, 1.165) is 26.4 Å². The van der Waals surface area contributed by atoms with E-state index in [-0.39, 0.29) is 17.3 Å². The van der Waals surface area contributed by atoms with Gasteiger partial charge in [-0.3, -0.25) is 13.8 Å². The van der Waals surface area contributed by atoms with Gasteiger partial charge in [-0.15, -0.1) is 0 Å². The molecule has 1 aromatic rings. The SMILES string of the molecule is COP(=O)(O)OCCCCCCCC(=O)c1ccc(S(N)(=O)=O)cc1. The number of primary sulfonamides is 1. The van der Waals surface area contributed by atoms with Crippen molar-refractivity contribution in [2.24, 2.45) is 5.14 Å². The van der Waals surface area contributed by atoms with Crippen molar-refractivity contribution in [1.82, 2.24) is 0 Å². The van der Waals surface area contributed by atoms with Crippen LogP contribution in [0, 0.1) is 0 Å². The van der Waals surface area contributed by atoms with E-state index in [0.29, 0.717) is 24.8 Å². The van der Waals surface area contributed by atoms with Gasteiger partial charge in [-0.2, -0.15) is 0 Å². The first-order chi connectivity index (χ1) is 11.7. The van der Waals surface area contributed by atoms with Crippen molar-refractivity contribution >= 4 is 23.6 Å². The van der Waals surface area contributed by atoms with E-state index in [1.165, 1.54) is 24.3 Å². The highest BCUT2D eigenvalue weighted by molar-refractivity contribution is 7.89. The number of phosphoric acid groups is 1. The lowest BCUT2D eigenvalue weighted by atomic mass is 10.0. The van der Waals surface area contributed by atoms with Crippen molar-refractivity contribution in [3.8, 4) is 0 Å². The molecule has 25 heavy (non-hydrogen) atoms. The zero-order valence-corrected chi connectivity index (χ0v) is 15.8. The van der Waals surface area contributed by atoms with Crippen LogP contribution in [0.5, 0.6) is 0 Å². The minimum absolute atomic E-state index is 0.0211. The molecule has 0 bridgehead atoms. The Balaban J connectivity index is 2.20. The molecule has 0 aliphatic rings. The highest BCUT2D eigenvalue weighted by atomic mass is 32.2. The largest absolute Gasteiger partial charge is 0.471 e. The van der Waals surface area contributed by atoms with E-state index in [1.807, 2.05) is 0 Å². The molecule has 3 N–H and O–H groups in total. The summed E-state index contributed by atoms with van der Waals surface area (Å²) in [4.78, 5) is 21.0. The van der Waals surface area contributed by atoms with Crippen molar-refractivity contribution in [3.63, 3.8) is 0 Å². The summed E-state index contributed by atoms with van der Waals surface area (Å²) in [6.07, 6.45) is 4.28. The maximum absolute atomic E-state index is 12.0. The van der Waals surface area contributed by atoms with Crippen LogP contribution in [-0.2, 0) is 23.6 Å². The number of carbonyl (C=O) groups is 1. The molecule has 0 radical (unpaired) electrons. The minimum Gasteiger partial charge on any atom is -0.303 e. The van der Waals surface area contributed by atoms with Gasteiger partial charge in [-0.25, -0.2) is 18.1 Å². The van der Waals surface area contributed by atoms with Crippen LogP contribution in [0.3, 0.4) is 0 Å². The Morgan fingerprint density at radius 2 is 1.68 bits per heavy atom. The highest BCUT2D eigenvalue weighted by Gasteiger charge is 2.17. The van der Waals surface area contributed by atoms with Crippen molar-refractivity contribution in [3.05, 3.63) is 29.8 Å². The number of phosphoric ester groups is 1. The van der Waals surface area contributed by atoms with Crippen molar-refractivity contribution in [2.45, 2.75) is 43.4 Å². The lowest BCUT2D eigenvalue weighted by Gasteiger charge is -2.08. The fourth-order valence-corrected chi connectivity index (χ4v) is 3.11. The second-order valence-electron chi connectivity index (χ2n) is 5.49. The topological polar surface area (TPSA) is 133 Å². The lowest BCUT2D eigenvalue weighted by molar-refractivity contribution is 0.0978. The first kappa shape index (κ1) is 22.0. The molecule has 0 aromatic heterocycles. The molecule has 1 atom stereocenters. The molecule has 10 heteroatoms. The van der Waals surface area contributed by atoms with Crippen LogP contribution in [0.4, 0.5) is 0 Å². The van der Waals surface area contributed by atoms with Crippen LogP contribution in [0.15, 0.2) is 29.2 Å². The summed E-state index contributed by atoms with van der Waals surface area (Å²) in [5, 5.41) is 5.00. The summed E-state index contributed by atoms with van der Waals surface area (Å²) < 4.78 is 42.3. The number of hydrogen-bond acceptors (Lipinski definition) is 6. The van der Waals surface area contributed by atoms with Crippen LogP contribution in [0.2, 0.25) is 0 Å². The third kappa shape index (κ3) is 8.71. The minimum atomic E-state index is -3.89. The Hall–Kier alpha value is -1.09. The number of sulfonamides is 1. The molecule has 8 nitrogen and oxygen atoms in total. The Morgan fingerprint density at radius 1 is 1.12 bits per heavy atom. The monoisotopic (exact) mass is 393 g/mol. The number of benzene rings is 1. The molecule has 0 saturated carbocycles. The lowest BCUT2D eigenvalue weighted by Crippen LogP contribution is -2.12. The Morgan fingerprint density at radius 3 is 2.24 bits per heavy atom. The summed E-state index contributed by atoms with van der Waals surface area (Å²) in [7, 11) is -6.53. The fourth-order valence-electron chi connectivity index (χ4n) is 2.13. The van der Waals surface area contributed by atoms with Crippen LogP contribution in [0.1, 0.15) is 48.9 Å². The van der Waals surface area contributed by atoms with Crippen LogP contribution >= 0.6 is 7.82 Å². The van der Waals surface area contributed by atoms with Gasteiger partial charge >= 0.3 is 7.82 Å². The first-order valence-corrected chi connectivity index (χ1v) is 10.9. The van der Waals surface area contributed by atoms with Crippen molar-refractivity contribution in [2.75, 3.05) is 13.7 Å². The van der Waals surface area contributed by atoms with E-state index in [9.17, 15) is 17.8 Å². The van der Waals surface area contributed by atoms with Gasteiger partial charge in [0.25, 0.3) is 0 Å². The zero-order chi connectivity index (χ0) is 18.9. The zero-order valence-electron chi connectivity index (χ0n) is 14.1. The smallest absolute Gasteiger partial charge is 0.303 e. The molecule has 0 aliphatic heterocycles. The van der Waals surface area contributed by atoms with Gasteiger partial charge in [0.1, 0.15) is 0 Å². The number of Topliss-reactive ketones (excluding diaryl/α,β-unsaturated/α-hetero) is 1. The molecular formula is C15H24NO7PS. The quantitative estimate of drug-likeness (QED) is 0.317. The van der Waals surface area contributed by atoms with E-state index in [1.54, 1.807) is 0 Å². The highest BCUT2D eigenvalue weighted by Crippen LogP contribution is 2.41. The summed E-state index contributed by atoms with van der Waals surface area (Å²) in [6, 6.07) is 5.57. The van der Waals surface area contributed by atoms with Crippen molar-refractivity contribution in [1.29, 1.82) is 0 Å². The Bertz CT molecular complexity index is 703. The van der Waals surface area contributed by atoms with E-state index in [4.69, 9.17) is 14.6 Å². The molecule has 0 aliphatic carbocycles. The van der Waals surface area contributed by atoms with Gasteiger partial charge in [0, 0.05) is 19.1 Å². The Labute approximate surface area is 148 Å². The fraction of sp³-hybridized carbons (Fsp3) is 0.533. The van der Waals surface area contributed by atoms with Crippen LogP contribution < -0.4 is 5.14 Å². The molecule has 0 amide bonds. The maximum atomic E-state index is 12.0. The van der Waals surface area contributed by atoms with Crippen LogP contribution in [0.25, 0.3) is 0 Å². The molecule has 0 spiro atoms. The molecule has 1 unspecified atom stereocenters. The first-order valence-electron chi connectivity index (χ1n) is 7.85. The average molecular weight is 393 g/mol. The maximum Gasteiger partial charge on any atom is 0.471 e. The van der Waals surface area contributed by atoms with Gasteiger partial charge in [-0.1, -0.05) is 31.4 Å². The number of hydrogen-bond donors (Lipinski definition) is 2. The normalized spacial score (nSPS) is 14.2. The number of carbonyl (C=O) groups excluding carboxylic acids is 1. The predicted molar refractivity (Wildman–Crippen MR) is 92.6 cm³/mol. The third-order valence-electron chi connectivity index (χ3n) is 3.54. The molecule has 1 rings (SSSR count). The average Bonchev–Trinajstić information content (AvgIpc) is 2.56. The molecule has 0 heterocycles. The van der Waals surface area contributed by atoms with Gasteiger partial charge in [0.2, 0.25) is 10.0 Å². The predicted octanol–water partition coefficient (Wildman–Crippen LogP) is 2.62. The molecule has 142 valence electrons. The van der Waals surface area contributed by atoms with Crippen molar-refractivity contribution < 1.29 is 31.7 Å². The summed E-state index contributed by atoms with van der Waals surface area (Å²) in [5.74, 6) is -0.0504. The second-order valence-corrected chi connectivity index (χ2v) is 8.62. The van der Waals surface area contributed by atoms with Gasteiger partial charge in [0.05, 0.1) is 11.5 Å². The summed E-state index contributed by atoms with van der Waals surface area (Å²) >= 11 is 0. The van der Waals surface area contributed by atoms with Gasteiger partial charge in [-0.05, 0) is 25.0 Å². The van der Waals surface area contributed by atoms with E-state index >= 15 is 0 Å². The Kier molecular flexibility index (Phi) is 8.92. The molecule has 0 saturated heterocycles. The standard InChI is InChI=1S/C15H24NO7PS/c1-22-24(18,19)23-12-6-4-2-3-5-7-15(17)13-8-10-14(11-9-13)25(16,20)21/h8-11H,2-7,12H2,1H3,(H,18,19)(H2,16,20,21). The van der Waals surface area contributed by atoms with Gasteiger partial charge in [0.15, 0.2) is 5.78 Å². The number of unbranched alkanes of at least 4 members (excludes halogenated alkanes) is 4. The summed E-state index contributed by atoms with van der Waals surface area (Å²) in [6.45, 7) is 0.150. The third-order valence-corrected chi connectivity index (χ3v) is 5.44. The molecular weight excluding hydrogens is 369 g/mol.